The van der Waals surface area contributed by atoms with Crippen LogP contribution in [0.15, 0.2) is 48.5 Å². The lowest BCUT2D eigenvalue weighted by Gasteiger charge is -2.35. The fraction of sp³-hybridized carbons (Fsp3) is 0.294. The summed E-state index contributed by atoms with van der Waals surface area (Å²) in [4.78, 5) is 12.6. The summed E-state index contributed by atoms with van der Waals surface area (Å²) < 4.78 is 26.7. The molecule has 0 radical (unpaired) electrons. The van der Waals surface area contributed by atoms with E-state index in [9.17, 15) is 18.5 Å². The third-order valence-electron chi connectivity index (χ3n) is 4.30. The summed E-state index contributed by atoms with van der Waals surface area (Å²) in [5, 5.41) is 11.5. The minimum absolute atomic E-state index is 0.0555. The molecule has 0 N–H and O–H groups in total. The van der Waals surface area contributed by atoms with Crippen LogP contribution in [0.1, 0.15) is 5.56 Å². The second-order valence-electron chi connectivity index (χ2n) is 5.99. The molecule has 0 amide bonds. The molecule has 2 aromatic rings. The number of para-hydroxylation sites is 1. The summed E-state index contributed by atoms with van der Waals surface area (Å²) in [6.45, 7) is 1.21. The maximum atomic E-state index is 12.6. The Morgan fingerprint density at radius 1 is 1.00 bits per heavy atom. The average molecular weight is 396 g/mol. The van der Waals surface area contributed by atoms with Crippen LogP contribution in [0.5, 0.6) is 0 Å². The Morgan fingerprint density at radius 3 is 2.27 bits per heavy atom. The predicted octanol–water partition coefficient (Wildman–Crippen LogP) is 2.90. The largest absolute Gasteiger partial charge is 0.362 e. The van der Waals surface area contributed by atoms with Crippen LogP contribution in [0.2, 0.25) is 5.02 Å². The zero-order chi connectivity index (χ0) is 18.7. The van der Waals surface area contributed by atoms with Crippen molar-refractivity contribution in [2.24, 2.45) is 0 Å². The van der Waals surface area contributed by atoms with Crippen molar-refractivity contribution in [3.8, 4) is 0 Å². The van der Waals surface area contributed by atoms with Crippen molar-refractivity contribution < 1.29 is 13.3 Å². The Hall–Kier alpha value is -2.16. The molecule has 0 aromatic heterocycles. The highest BCUT2D eigenvalue weighted by atomic mass is 35.5. The van der Waals surface area contributed by atoms with Crippen LogP contribution in [0.3, 0.4) is 0 Å². The molecule has 9 heteroatoms. The molecule has 0 unspecified atom stereocenters. The van der Waals surface area contributed by atoms with Gasteiger partial charge in [0.15, 0.2) is 0 Å². The maximum Gasteiger partial charge on any atom is 0.294 e. The zero-order valence-corrected chi connectivity index (χ0v) is 15.5. The third kappa shape index (κ3) is 3.98. The van der Waals surface area contributed by atoms with Gasteiger partial charge in [0.25, 0.3) is 5.69 Å². The highest BCUT2D eigenvalue weighted by Crippen LogP contribution is 2.36. The van der Waals surface area contributed by atoms with E-state index in [2.05, 4.69) is 0 Å². The molecule has 138 valence electrons. The number of sulfonamides is 1. The summed E-state index contributed by atoms with van der Waals surface area (Å²) >= 11 is 6.16. The molecule has 1 fully saturated rings. The van der Waals surface area contributed by atoms with Crippen molar-refractivity contribution in [3.63, 3.8) is 0 Å². The molecule has 0 atom stereocenters. The van der Waals surface area contributed by atoms with Crippen molar-refractivity contribution in [2.75, 3.05) is 31.1 Å². The molecule has 1 saturated heterocycles. The van der Waals surface area contributed by atoms with Crippen molar-refractivity contribution in [1.82, 2.24) is 4.31 Å². The first-order chi connectivity index (χ1) is 12.4. The minimum atomic E-state index is -3.44. The number of anilines is 1. The fourth-order valence-electron chi connectivity index (χ4n) is 3.03. The van der Waals surface area contributed by atoms with Gasteiger partial charge in [0, 0.05) is 32.2 Å². The maximum absolute atomic E-state index is 12.6. The zero-order valence-electron chi connectivity index (χ0n) is 13.9. The minimum Gasteiger partial charge on any atom is -0.362 e. The van der Waals surface area contributed by atoms with Gasteiger partial charge in [-0.25, -0.2) is 8.42 Å². The number of rotatable bonds is 5. The van der Waals surface area contributed by atoms with Crippen LogP contribution in [0, 0.1) is 10.1 Å². The second-order valence-corrected chi connectivity index (χ2v) is 8.37. The van der Waals surface area contributed by atoms with Crippen LogP contribution in [0.25, 0.3) is 0 Å². The predicted molar refractivity (Wildman–Crippen MR) is 101 cm³/mol. The summed E-state index contributed by atoms with van der Waals surface area (Å²) in [7, 11) is -3.44. The Balaban J connectivity index is 1.73. The van der Waals surface area contributed by atoms with Gasteiger partial charge in [-0.15, -0.1) is 0 Å². The third-order valence-corrected chi connectivity index (χ3v) is 6.46. The molecule has 0 spiro atoms. The highest BCUT2D eigenvalue weighted by Gasteiger charge is 2.30. The number of halogens is 1. The molecule has 0 saturated carbocycles. The molecule has 1 aliphatic rings. The molecule has 1 aliphatic heterocycles. The van der Waals surface area contributed by atoms with Gasteiger partial charge in [-0.2, -0.15) is 4.31 Å². The summed E-state index contributed by atoms with van der Waals surface area (Å²) in [5.74, 6) is -0.0555. The van der Waals surface area contributed by atoms with E-state index in [1.54, 1.807) is 35.2 Å². The molecule has 2 aromatic carbocycles. The number of hydrogen-bond acceptors (Lipinski definition) is 5. The van der Waals surface area contributed by atoms with Crippen molar-refractivity contribution in [3.05, 3.63) is 69.2 Å². The molecule has 0 aliphatic carbocycles. The van der Waals surface area contributed by atoms with Gasteiger partial charge in [-0.05, 0) is 11.6 Å². The number of piperazine rings is 1. The average Bonchev–Trinajstić information content (AvgIpc) is 2.62. The van der Waals surface area contributed by atoms with Gasteiger partial charge in [0.05, 0.1) is 15.7 Å². The van der Waals surface area contributed by atoms with E-state index in [1.807, 2.05) is 6.07 Å². The molecule has 0 bridgehead atoms. The molecule has 1 heterocycles. The molecule has 3 rings (SSSR count). The lowest BCUT2D eigenvalue weighted by Crippen LogP contribution is -2.49. The van der Waals surface area contributed by atoms with Crippen LogP contribution < -0.4 is 4.90 Å². The summed E-state index contributed by atoms with van der Waals surface area (Å²) in [6, 6.07) is 13.5. The number of nitro groups is 1. The Labute approximate surface area is 157 Å². The van der Waals surface area contributed by atoms with Gasteiger partial charge >= 0.3 is 0 Å². The highest BCUT2D eigenvalue weighted by molar-refractivity contribution is 7.88. The van der Waals surface area contributed by atoms with E-state index in [1.165, 1.54) is 16.4 Å². The lowest BCUT2D eigenvalue weighted by molar-refractivity contribution is -0.384. The van der Waals surface area contributed by atoms with Gasteiger partial charge in [0.1, 0.15) is 5.69 Å². The van der Waals surface area contributed by atoms with E-state index >= 15 is 0 Å². The number of nitrogens with zero attached hydrogens (tertiary/aromatic N) is 3. The van der Waals surface area contributed by atoms with Gasteiger partial charge in [-0.3, -0.25) is 10.1 Å². The first kappa shape index (κ1) is 18.6. The van der Waals surface area contributed by atoms with Crippen LogP contribution in [0.4, 0.5) is 11.4 Å². The van der Waals surface area contributed by atoms with E-state index < -0.39 is 14.9 Å². The van der Waals surface area contributed by atoms with E-state index in [-0.39, 0.29) is 24.5 Å². The van der Waals surface area contributed by atoms with E-state index in [0.29, 0.717) is 23.8 Å². The smallest absolute Gasteiger partial charge is 0.294 e. The van der Waals surface area contributed by atoms with E-state index in [0.717, 1.165) is 5.56 Å². The fourth-order valence-corrected chi connectivity index (χ4v) is 4.84. The molecular formula is C17H18ClN3O4S. The lowest BCUT2D eigenvalue weighted by atomic mass is 10.2. The number of benzene rings is 2. The second kappa shape index (κ2) is 7.61. The number of nitro benzene ring substituents is 1. The number of hydrogen-bond donors (Lipinski definition) is 0. The molecule has 7 nitrogen and oxygen atoms in total. The van der Waals surface area contributed by atoms with Crippen molar-refractivity contribution >= 4 is 33.0 Å². The first-order valence-corrected chi connectivity index (χ1v) is 10.1. The van der Waals surface area contributed by atoms with Gasteiger partial charge < -0.3 is 4.90 Å². The monoisotopic (exact) mass is 395 g/mol. The topological polar surface area (TPSA) is 83.8 Å². The SMILES string of the molecule is O=[N+]([O-])c1cccc(Cl)c1N1CCN(S(=O)(=O)Cc2ccccc2)CC1. The van der Waals surface area contributed by atoms with Crippen LogP contribution in [-0.4, -0.2) is 43.8 Å². The quantitative estimate of drug-likeness (QED) is 0.574. The Morgan fingerprint density at radius 2 is 1.65 bits per heavy atom. The summed E-state index contributed by atoms with van der Waals surface area (Å²) in [5.41, 5.74) is 1.01. The standard InChI is InChI=1S/C17H18ClN3O4S/c18-15-7-4-8-16(21(22)23)17(15)19-9-11-20(12-10-19)26(24,25)13-14-5-2-1-3-6-14/h1-8H,9-13H2. The molecule has 26 heavy (non-hydrogen) atoms. The first-order valence-electron chi connectivity index (χ1n) is 8.08. The summed E-state index contributed by atoms with van der Waals surface area (Å²) in [6.07, 6.45) is 0. The van der Waals surface area contributed by atoms with Gasteiger partial charge in [0.2, 0.25) is 10.0 Å². The van der Waals surface area contributed by atoms with E-state index in [4.69, 9.17) is 11.6 Å². The van der Waals surface area contributed by atoms with Gasteiger partial charge in [-0.1, -0.05) is 48.0 Å². The van der Waals surface area contributed by atoms with Crippen molar-refractivity contribution in [1.29, 1.82) is 0 Å². The van der Waals surface area contributed by atoms with Crippen LogP contribution >= 0.6 is 11.6 Å². The molecular weight excluding hydrogens is 378 g/mol. The van der Waals surface area contributed by atoms with Crippen LogP contribution in [-0.2, 0) is 15.8 Å². The van der Waals surface area contributed by atoms with Crippen molar-refractivity contribution in [2.45, 2.75) is 5.75 Å². The Kier molecular flexibility index (Phi) is 5.45. The normalized spacial score (nSPS) is 15.8. The Bertz CT molecular complexity index is 897.